The van der Waals surface area contributed by atoms with Crippen LogP contribution in [0.3, 0.4) is 0 Å². The van der Waals surface area contributed by atoms with E-state index in [4.69, 9.17) is 16.7 Å². The average Bonchev–Trinajstić information content (AvgIpc) is 3.20. The van der Waals surface area contributed by atoms with Crippen molar-refractivity contribution in [1.29, 1.82) is 0 Å². The van der Waals surface area contributed by atoms with E-state index in [-0.39, 0.29) is 0 Å². The molecule has 94 valence electrons. The van der Waals surface area contributed by atoms with Crippen molar-refractivity contribution in [2.75, 3.05) is 0 Å². The van der Waals surface area contributed by atoms with Crippen molar-refractivity contribution >= 4 is 22.5 Å². The van der Waals surface area contributed by atoms with Crippen molar-refractivity contribution in [3.8, 4) is 5.69 Å². The Kier molecular flexibility index (Phi) is 2.35. The van der Waals surface area contributed by atoms with Crippen LogP contribution in [-0.4, -0.2) is 14.8 Å². The summed E-state index contributed by atoms with van der Waals surface area (Å²) in [5, 5.41) is 6.31. The predicted octanol–water partition coefficient (Wildman–Crippen LogP) is 3.95. The Morgan fingerprint density at radius 1 is 1.16 bits per heavy atom. The number of rotatable bonds is 2. The highest BCUT2D eigenvalue weighted by atomic mass is 35.5. The number of para-hydroxylation sites is 1. The minimum absolute atomic E-state index is 0.493. The van der Waals surface area contributed by atoms with E-state index >= 15 is 0 Å². The molecule has 1 saturated carbocycles. The molecule has 1 aromatic carbocycles. The molecule has 0 spiro atoms. The van der Waals surface area contributed by atoms with Gasteiger partial charge in [-0.15, -0.1) is 0 Å². The van der Waals surface area contributed by atoms with Crippen molar-refractivity contribution in [1.82, 2.24) is 14.8 Å². The molecule has 0 aliphatic heterocycles. The highest BCUT2D eigenvalue weighted by Crippen LogP contribution is 2.44. The standard InChI is InChI=1S/C15H12ClN3/c16-14-8-13-12(9-17-14)15(10-6-7-10)19(18-13)11-4-2-1-3-5-11/h1-5,8-10H,6-7H2. The van der Waals surface area contributed by atoms with Crippen LogP contribution < -0.4 is 0 Å². The Morgan fingerprint density at radius 3 is 2.68 bits per heavy atom. The fourth-order valence-corrected chi connectivity index (χ4v) is 2.64. The number of pyridine rings is 1. The van der Waals surface area contributed by atoms with E-state index in [1.54, 1.807) is 0 Å². The summed E-state index contributed by atoms with van der Waals surface area (Å²) in [7, 11) is 0. The van der Waals surface area contributed by atoms with E-state index in [9.17, 15) is 0 Å². The zero-order chi connectivity index (χ0) is 12.8. The molecule has 0 N–H and O–H groups in total. The first kappa shape index (κ1) is 11.0. The zero-order valence-electron chi connectivity index (χ0n) is 10.3. The lowest BCUT2D eigenvalue weighted by Crippen LogP contribution is -2.00. The lowest BCUT2D eigenvalue weighted by Gasteiger charge is -2.06. The van der Waals surface area contributed by atoms with Crippen molar-refractivity contribution < 1.29 is 0 Å². The van der Waals surface area contributed by atoms with Gasteiger partial charge in [-0.3, -0.25) is 0 Å². The van der Waals surface area contributed by atoms with Crippen LogP contribution in [-0.2, 0) is 0 Å². The molecule has 0 saturated heterocycles. The molecule has 1 fully saturated rings. The summed E-state index contributed by atoms with van der Waals surface area (Å²) in [5.41, 5.74) is 3.29. The molecule has 19 heavy (non-hydrogen) atoms. The predicted molar refractivity (Wildman–Crippen MR) is 75.9 cm³/mol. The van der Waals surface area contributed by atoms with Crippen molar-refractivity contribution in [2.45, 2.75) is 18.8 Å². The minimum atomic E-state index is 0.493. The first-order chi connectivity index (χ1) is 9.33. The highest BCUT2D eigenvalue weighted by molar-refractivity contribution is 6.30. The lowest BCUT2D eigenvalue weighted by atomic mass is 10.2. The van der Waals surface area contributed by atoms with Gasteiger partial charge in [0.2, 0.25) is 0 Å². The SMILES string of the molecule is Clc1cc2nn(-c3ccccc3)c(C3CC3)c2cn1. The molecule has 1 aliphatic carbocycles. The third-order valence-corrected chi connectivity index (χ3v) is 3.73. The molecule has 3 nitrogen and oxygen atoms in total. The van der Waals surface area contributed by atoms with Gasteiger partial charge in [0, 0.05) is 23.6 Å². The van der Waals surface area contributed by atoms with Crippen LogP contribution >= 0.6 is 11.6 Å². The van der Waals surface area contributed by atoms with Crippen LogP contribution in [0, 0.1) is 0 Å². The van der Waals surface area contributed by atoms with Crippen LogP contribution in [0.5, 0.6) is 0 Å². The molecule has 2 heterocycles. The highest BCUT2D eigenvalue weighted by Gasteiger charge is 2.30. The molecule has 1 aliphatic rings. The number of hydrogen-bond donors (Lipinski definition) is 0. The van der Waals surface area contributed by atoms with Gasteiger partial charge in [-0.25, -0.2) is 9.67 Å². The topological polar surface area (TPSA) is 30.7 Å². The Morgan fingerprint density at radius 2 is 1.95 bits per heavy atom. The monoisotopic (exact) mass is 269 g/mol. The van der Waals surface area contributed by atoms with Crippen molar-refractivity contribution in [2.24, 2.45) is 0 Å². The molecule has 4 heteroatoms. The molecule has 0 unspecified atom stereocenters. The van der Waals surface area contributed by atoms with Gasteiger partial charge in [-0.05, 0) is 25.0 Å². The second-order valence-corrected chi connectivity index (χ2v) is 5.32. The van der Waals surface area contributed by atoms with Gasteiger partial charge >= 0.3 is 0 Å². The third kappa shape index (κ3) is 1.81. The molecular weight excluding hydrogens is 258 g/mol. The first-order valence-corrected chi connectivity index (χ1v) is 6.80. The maximum Gasteiger partial charge on any atom is 0.131 e. The summed E-state index contributed by atoms with van der Waals surface area (Å²) in [4.78, 5) is 4.20. The molecule has 4 rings (SSSR count). The molecule has 0 atom stereocenters. The average molecular weight is 270 g/mol. The Bertz CT molecular complexity index is 745. The van der Waals surface area contributed by atoms with Crippen LogP contribution in [0.25, 0.3) is 16.6 Å². The van der Waals surface area contributed by atoms with E-state index in [1.807, 2.05) is 35.1 Å². The van der Waals surface area contributed by atoms with Gasteiger partial charge in [0.15, 0.2) is 0 Å². The third-order valence-electron chi connectivity index (χ3n) is 3.53. The Hall–Kier alpha value is -1.87. The van der Waals surface area contributed by atoms with Crippen LogP contribution in [0.2, 0.25) is 5.15 Å². The van der Waals surface area contributed by atoms with Gasteiger partial charge in [-0.1, -0.05) is 29.8 Å². The Labute approximate surface area is 115 Å². The van der Waals surface area contributed by atoms with Crippen LogP contribution in [0.4, 0.5) is 0 Å². The normalized spacial score (nSPS) is 15.0. The zero-order valence-corrected chi connectivity index (χ0v) is 11.0. The number of aromatic nitrogens is 3. The molecule has 0 radical (unpaired) electrons. The summed E-state index contributed by atoms with van der Waals surface area (Å²) in [5.74, 6) is 0.605. The number of fused-ring (bicyclic) bond motifs is 1. The quantitative estimate of drug-likeness (QED) is 0.660. The fourth-order valence-electron chi connectivity index (χ4n) is 2.49. The summed E-state index contributed by atoms with van der Waals surface area (Å²) in [6.45, 7) is 0. The molecule has 0 bridgehead atoms. The van der Waals surface area contributed by atoms with Gasteiger partial charge in [0.1, 0.15) is 5.15 Å². The first-order valence-electron chi connectivity index (χ1n) is 6.42. The van der Waals surface area contributed by atoms with E-state index < -0.39 is 0 Å². The van der Waals surface area contributed by atoms with Crippen molar-refractivity contribution in [3.05, 3.63) is 53.4 Å². The molecule has 3 aromatic rings. The smallest absolute Gasteiger partial charge is 0.131 e. The number of benzene rings is 1. The maximum atomic E-state index is 5.96. The largest absolute Gasteiger partial charge is 0.244 e. The summed E-state index contributed by atoms with van der Waals surface area (Å²) < 4.78 is 2.04. The van der Waals surface area contributed by atoms with Crippen molar-refractivity contribution in [3.63, 3.8) is 0 Å². The molecule has 2 aromatic heterocycles. The second-order valence-electron chi connectivity index (χ2n) is 4.93. The minimum Gasteiger partial charge on any atom is -0.244 e. The van der Waals surface area contributed by atoms with Gasteiger partial charge in [0.05, 0.1) is 16.9 Å². The molecule has 0 amide bonds. The van der Waals surface area contributed by atoms with E-state index in [1.165, 1.54) is 18.5 Å². The lowest BCUT2D eigenvalue weighted by molar-refractivity contribution is 0.820. The van der Waals surface area contributed by atoms with Gasteiger partial charge < -0.3 is 0 Å². The van der Waals surface area contributed by atoms with Crippen LogP contribution in [0.1, 0.15) is 24.5 Å². The summed E-state index contributed by atoms with van der Waals surface area (Å²) in [6.07, 6.45) is 4.31. The fraction of sp³-hybridized carbons (Fsp3) is 0.200. The van der Waals surface area contributed by atoms with Gasteiger partial charge in [0.25, 0.3) is 0 Å². The molecular formula is C15H12ClN3. The maximum absolute atomic E-state index is 5.96. The second kappa shape index (κ2) is 4.07. The van der Waals surface area contributed by atoms with Crippen LogP contribution in [0.15, 0.2) is 42.6 Å². The Balaban J connectivity index is 2.01. The van der Waals surface area contributed by atoms with E-state index in [0.29, 0.717) is 11.1 Å². The van der Waals surface area contributed by atoms with Gasteiger partial charge in [-0.2, -0.15) is 5.10 Å². The summed E-state index contributed by atoms with van der Waals surface area (Å²) in [6, 6.07) is 12.1. The van der Waals surface area contributed by atoms with E-state index in [0.717, 1.165) is 16.6 Å². The number of halogens is 1. The number of nitrogens with zero attached hydrogens (tertiary/aromatic N) is 3. The van der Waals surface area contributed by atoms with E-state index in [2.05, 4.69) is 17.1 Å². The number of hydrogen-bond acceptors (Lipinski definition) is 2. The summed E-state index contributed by atoms with van der Waals surface area (Å²) >= 11 is 5.96.